The summed E-state index contributed by atoms with van der Waals surface area (Å²) >= 11 is 0. The molecule has 0 bridgehead atoms. The molecular weight excluding hydrogens is 583 g/mol. The summed E-state index contributed by atoms with van der Waals surface area (Å²) in [6.07, 6.45) is 7.27. The van der Waals surface area contributed by atoms with Gasteiger partial charge in [0.05, 0.1) is 17.8 Å². The molecule has 0 unspecified atom stereocenters. The van der Waals surface area contributed by atoms with Gasteiger partial charge in [0.2, 0.25) is 5.91 Å². The fourth-order valence-electron chi connectivity index (χ4n) is 6.20. The largest absolute Gasteiger partial charge is 0.475 e. The van der Waals surface area contributed by atoms with Gasteiger partial charge in [-0.05, 0) is 62.8 Å². The van der Waals surface area contributed by atoms with E-state index in [9.17, 15) is 9.59 Å². The Kier molecular flexibility index (Phi) is 9.80. The molecule has 3 aliphatic rings. The van der Waals surface area contributed by atoms with Crippen LogP contribution < -0.4 is 15.0 Å². The van der Waals surface area contributed by atoms with Gasteiger partial charge in [0, 0.05) is 63.6 Å². The number of nitrogens with zero attached hydrogens (tertiary/aromatic N) is 4. The molecule has 2 amide bonds. The van der Waals surface area contributed by atoms with Crippen molar-refractivity contribution in [3.05, 3.63) is 66.2 Å². The fraction of sp³-hybridized carbons (Fsp3) is 0.485. The van der Waals surface area contributed by atoms with Crippen LogP contribution in [0.15, 0.2) is 54.9 Å². The molecule has 1 aliphatic carbocycles. The van der Waals surface area contributed by atoms with Crippen LogP contribution in [0.1, 0.15) is 45.1 Å². The molecule has 44 heavy (non-hydrogen) atoms. The highest BCUT2D eigenvalue weighted by molar-refractivity contribution is 5.85. The average Bonchev–Trinajstić information content (AvgIpc) is 3.73. The van der Waals surface area contributed by atoms with Crippen LogP contribution in [0.5, 0.6) is 5.75 Å². The highest BCUT2D eigenvalue weighted by atomic mass is 35.5. The summed E-state index contributed by atoms with van der Waals surface area (Å²) in [7, 11) is 0. The van der Waals surface area contributed by atoms with Gasteiger partial charge in [0.25, 0.3) is 5.91 Å². The number of nitrogens with one attached hydrogen (secondary N) is 2. The van der Waals surface area contributed by atoms with Gasteiger partial charge in [-0.15, -0.1) is 12.4 Å². The Bertz CT molecular complexity index is 1420. The number of ether oxygens (including phenoxy) is 1. The molecule has 3 heterocycles. The predicted molar refractivity (Wildman–Crippen MR) is 170 cm³/mol. The van der Waals surface area contributed by atoms with Crippen LogP contribution in [0.4, 0.5) is 10.1 Å². The Labute approximate surface area is 264 Å². The van der Waals surface area contributed by atoms with Gasteiger partial charge in [-0.2, -0.15) is 5.10 Å². The van der Waals surface area contributed by atoms with Crippen molar-refractivity contribution in [1.82, 2.24) is 25.3 Å². The number of piperidine rings is 1. The molecule has 1 atom stereocenters. The fourth-order valence-corrected chi connectivity index (χ4v) is 6.20. The lowest BCUT2D eigenvalue weighted by Crippen LogP contribution is -2.54. The van der Waals surface area contributed by atoms with Crippen LogP contribution in [-0.2, 0) is 16.1 Å². The smallest absolute Gasteiger partial charge is 0.266 e. The van der Waals surface area contributed by atoms with E-state index < -0.39 is 11.4 Å². The number of halogens is 2. The lowest BCUT2D eigenvalue weighted by Gasteiger charge is -2.37. The first-order chi connectivity index (χ1) is 20.8. The van der Waals surface area contributed by atoms with Crippen LogP contribution in [0.25, 0.3) is 11.1 Å². The zero-order valence-corrected chi connectivity index (χ0v) is 26.2. The number of rotatable bonds is 9. The van der Waals surface area contributed by atoms with E-state index >= 15 is 4.39 Å². The number of hydrogen-bond donors (Lipinski definition) is 2. The van der Waals surface area contributed by atoms with Crippen molar-refractivity contribution in [3.63, 3.8) is 0 Å². The molecule has 1 saturated carbocycles. The van der Waals surface area contributed by atoms with Crippen molar-refractivity contribution in [2.24, 2.45) is 5.92 Å². The van der Waals surface area contributed by atoms with E-state index in [0.29, 0.717) is 38.4 Å². The number of piperazine rings is 1. The quantitative estimate of drug-likeness (QED) is 0.361. The summed E-state index contributed by atoms with van der Waals surface area (Å²) < 4.78 is 22.0. The average molecular weight is 625 g/mol. The molecule has 0 spiro atoms. The summed E-state index contributed by atoms with van der Waals surface area (Å²) in [4.78, 5) is 32.8. The third-order valence-corrected chi connectivity index (χ3v) is 8.75. The highest BCUT2D eigenvalue weighted by Gasteiger charge is 2.39. The van der Waals surface area contributed by atoms with E-state index in [-0.39, 0.29) is 41.9 Å². The minimum absolute atomic E-state index is 0. The Morgan fingerprint density at radius 2 is 1.80 bits per heavy atom. The van der Waals surface area contributed by atoms with Crippen LogP contribution in [0.2, 0.25) is 0 Å². The van der Waals surface area contributed by atoms with Gasteiger partial charge in [-0.25, -0.2) is 4.39 Å². The van der Waals surface area contributed by atoms with E-state index in [1.54, 1.807) is 43.1 Å². The second kappa shape index (κ2) is 13.6. The summed E-state index contributed by atoms with van der Waals surface area (Å²) in [5.41, 5.74) is 2.40. The maximum Gasteiger partial charge on any atom is 0.266 e. The van der Waals surface area contributed by atoms with Crippen molar-refractivity contribution in [2.75, 3.05) is 44.2 Å². The molecule has 6 rings (SSSR count). The Balaban J connectivity index is 0.00000384. The molecule has 236 valence electrons. The van der Waals surface area contributed by atoms with E-state index in [1.165, 1.54) is 0 Å². The first kappa shape index (κ1) is 31.8. The van der Waals surface area contributed by atoms with Crippen molar-refractivity contribution < 1.29 is 18.7 Å². The topological polar surface area (TPSA) is 93.8 Å². The first-order valence-electron chi connectivity index (χ1n) is 15.4. The minimum Gasteiger partial charge on any atom is -0.475 e. The van der Waals surface area contributed by atoms with Gasteiger partial charge < -0.3 is 24.8 Å². The summed E-state index contributed by atoms with van der Waals surface area (Å²) in [6.45, 7) is 7.73. The number of carbonyl (C=O) groups is 2. The summed E-state index contributed by atoms with van der Waals surface area (Å²) in [5, 5.41) is 10.1. The van der Waals surface area contributed by atoms with Crippen molar-refractivity contribution >= 4 is 29.9 Å². The monoisotopic (exact) mass is 624 g/mol. The molecule has 0 radical (unpaired) electrons. The van der Waals surface area contributed by atoms with Crippen LogP contribution in [0.3, 0.4) is 0 Å². The van der Waals surface area contributed by atoms with Crippen LogP contribution in [0, 0.1) is 11.7 Å². The van der Waals surface area contributed by atoms with Gasteiger partial charge in [0.15, 0.2) is 17.2 Å². The van der Waals surface area contributed by atoms with E-state index in [2.05, 4.69) is 39.8 Å². The second-order valence-corrected chi connectivity index (χ2v) is 12.4. The van der Waals surface area contributed by atoms with E-state index in [1.807, 2.05) is 16.0 Å². The molecule has 11 heteroatoms. The SMILES string of the molecule is CC(C)(Oc1cccc(N2CCC[C@H](C(=O)N(Cc3ccc(-c4cn[nH]c4)cc3)C3CC3)C2)c1F)C(=O)N1CCNCC1.Cl. The van der Waals surface area contributed by atoms with Crippen molar-refractivity contribution in [1.29, 1.82) is 0 Å². The Hall–Kier alpha value is -3.63. The standard InChI is InChI=1S/C33H41FN6O3.ClH/c1-33(2,32(42)38-17-14-35-15-18-38)43-29-7-3-6-28(30(29)34)39-16-4-5-25(22-39)31(41)40(27-12-13-27)21-23-8-10-24(11-9-23)26-19-36-37-20-26;/h3,6-11,19-20,25,27,35H,4-5,12-18,21-22H2,1-2H3,(H,36,37);1H/t25-;/m0./s1. The van der Waals surface area contributed by atoms with E-state index in [4.69, 9.17) is 4.74 Å². The summed E-state index contributed by atoms with van der Waals surface area (Å²) in [5.74, 6) is -0.666. The van der Waals surface area contributed by atoms with Gasteiger partial charge >= 0.3 is 0 Å². The number of aromatic nitrogens is 2. The predicted octanol–water partition coefficient (Wildman–Crippen LogP) is 4.63. The van der Waals surface area contributed by atoms with Gasteiger partial charge in [0.1, 0.15) is 0 Å². The number of aromatic amines is 1. The third-order valence-electron chi connectivity index (χ3n) is 8.75. The maximum absolute atomic E-state index is 15.9. The molecule has 1 aromatic heterocycles. The van der Waals surface area contributed by atoms with Gasteiger partial charge in [-0.3, -0.25) is 14.7 Å². The maximum atomic E-state index is 15.9. The highest BCUT2D eigenvalue weighted by Crippen LogP contribution is 2.35. The number of hydrogen-bond acceptors (Lipinski definition) is 6. The summed E-state index contributed by atoms with van der Waals surface area (Å²) in [6, 6.07) is 13.6. The third kappa shape index (κ3) is 7.02. The number of carbonyl (C=O) groups excluding carboxylic acids is 2. The van der Waals surface area contributed by atoms with Crippen molar-refractivity contribution in [2.45, 2.75) is 57.7 Å². The number of anilines is 1. The van der Waals surface area contributed by atoms with Crippen molar-refractivity contribution in [3.8, 4) is 16.9 Å². The number of amides is 2. The van der Waals surface area contributed by atoms with E-state index in [0.717, 1.165) is 55.5 Å². The molecule has 2 N–H and O–H groups in total. The lowest BCUT2D eigenvalue weighted by molar-refractivity contribution is -0.146. The second-order valence-electron chi connectivity index (χ2n) is 12.4. The minimum atomic E-state index is -1.21. The number of H-pyrrole nitrogens is 1. The van der Waals surface area contributed by atoms with Crippen LogP contribution >= 0.6 is 12.4 Å². The molecule has 9 nitrogen and oxygen atoms in total. The lowest BCUT2D eigenvalue weighted by atomic mass is 9.95. The zero-order chi connectivity index (χ0) is 30.0. The van der Waals surface area contributed by atoms with Crippen LogP contribution in [-0.4, -0.2) is 82.7 Å². The normalized spacial score (nSPS) is 18.8. The number of benzene rings is 2. The molecule has 3 aromatic rings. The van der Waals surface area contributed by atoms with Gasteiger partial charge in [-0.1, -0.05) is 30.3 Å². The molecule has 2 aromatic carbocycles. The molecule has 3 fully saturated rings. The molecule has 2 aliphatic heterocycles. The zero-order valence-electron chi connectivity index (χ0n) is 25.4. The molecular formula is C33H42ClFN6O3. The molecule has 2 saturated heterocycles. The Morgan fingerprint density at radius 1 is 1.05 bits per heavy atom. The first-order valence-corrected chi connectivity index (χ1v) is 15.4. The Morgan fingerprint density at radius 3 is 2.48 bits per heavy atom.